The molecule has 0 fully saturated rings. The summed E-state index contributed by atoms with van der Waals surface area (Å²) < 4.78 is 21.9. The first-order chi connectivity index (χ1) is 7.38. The maximum absolute atomic E-state index is 10.9. The van der Waals surface area contributed by atoms with E-state index < -0.39 is 9.84 Å². The molecule has 1 aromatic rings. The minimum absolute atomic E-state index is 0.130. The monoisotopic (exact) mass is 242 g/mol. The van der Waals surface area contributed by atoms with Crippen LogP contribution >= 0.6 is 0 Å². The Kier molecular flexibility index (Phi) is 4.44. The fraction of sp³-hybridized carbons (Fsp3) is 0.545. The predicted octanol–water partition coefficient (Wildman–Crippen LogP) is 1.21. The SMILES string of the molecule is Cc1ccc(C(N)CCCS(C)(=O)=O)cn1. The van der Waals surface area contributed by atoms with Crippen molar-refractivity contribution >= 4 is 9.84 Å². The summed E-state index contributed by atoms with van der Waals surface area (Å²) in [5, 5.41) is 0. The van der Waals surface area contributed by atoms with E-state index in [9.17, 15) is 8.42 Å². The Morgan fingerprint density at radius 1 is 1.44 bits per heavy atom. The van der Waals surface area contributed by atoms with Gasteiger partial charge in [0.15, 0.2) is 0 Å². The summed E-state index contributed by atoms with van der Waals surface area (Å²) in [7, 11) is -2.88. The topological polar surface area (TPSA) is 73.1 Å². The van der Waals surface area contributed by atoms with Crippen LogP contribution in [-0.4, -0.2) is 25.4 Å². The summed E-state index contributed by atoms with van der Waals surface area (Å²) in [6.07, 6.45) is 4.25. The molecule has 0 bridgehead atoms. The van der Waals surface area contributed by atoms with Gasteiger partial charge < -0.3 is 5.73 Å². The highest BCUT2D eigenvalue weighted by Crippen LogP contribution is 2.15. The molecule has 0 saturated carbocycles. The van der Waals surface area contributed by atoms with Gasteiger partial charge in [0.05, 0.1) is 0 Å². The van der Waals surface area contributed by atoms with Gasteiger partial charge in [0.25, 0.3) is 0 Å². The number of nitrogens with two attached hydrogens (primary N) is 1. The maximum Gasteiger partial charge on any atom is 0.147 e. The molecular formula is C11H18N2O2S. The third kappa shape index (κ3) is 4.72. The molecule has 16 heavy (non-hydrogen) atoms. The number of aromatic nitrogens is 1. The van der Waals surface area contributed by atoms with Crippen molar-refractivity contribution in [2.75, 3.05) is 12.0 Å². The molecule has 1 atom stereocenters. The molecule has 0 radical (unpaired) electrons. The van der Waals surface area contributed by atoms with E-state index in [1.54, 1.807) is 6.20 Å². The summed E-state index contributed by atoms with van der Waals surface area (Å²) in [6, 6.07) is 3.72. The average molecular weight is 242 g/mol. The Balaban J connectivity index is 2.47. The number of hydrogen-bond donors (Lipinski definition) is 1. The van der Waals surface area contributed by atoms with Gasteiger partial charge in [0, 0.05) is 29.9 Å². The molecular weight excluding hydrogens is 224 g/mol. The Bertz CT molecular complexity index is 426. The van der Waals surface area contributed by atoms with Crippen LogP contribution in [0.4, 0.5) is 0 Å². The van der Waals surface area contributed by atoms with Gasteiger partial charge in [-0.25, -0.2) is 8.42 Å². The van der Waals surface area contributed by atoms with Gasteiger partial charge in [-0.15, -0.1) is 0 Å². The van der Waals surface area contributed by atoms with Crippen LogP contribution in [0.5, 0.6) is 0 Å². The zero-order chi connectivity index (χ0) is 12.2. The normalized spacial score (nSPS) is 13.7. The highest BCUT2D eigenvalue weighted by Gasteiger charge is 2.08. The van der Waals surface area contributed by atoms with E-state index in [0.717, 1.165) is 11.3 Å². The van der Waals surface area contributed by atoms with Gasteiger partial charge in [-0.1, -0.05) is 6.07 Å². The van der Waals surface area contributed by atoms with Crippen molar-refractivity contribution in [3.05, 3.63) is 29.6 Å². The molecule has 0 aliphatic heterocycles. The molecule has 0 amide bonds. The maximum atomic E-state index is 10.9. The molecule has 0 aromatic carbocycles. The van der Waals surface area contributed by atoms with Crippen molar-refractivity contribution in [2.45, 2.75) is 25.8 Å². The lowest BCUT2D eigenvalue weighted by Gasteiger charge is -2.11. The highest BCUT2D eigenvalue weighted by atomic mass is 32.2. The lowest BCUT2D eigenvalue weighted by molar-refractivity contribution is 0.587. The van der Waals surface area contributed by atoms with Gasteiger partial charge in [-0.3, -0.25) is 4.98 Å². The van der Waals surface area contributed by atoms with Crippen LogP contribution in [-0.2, 0) is 9.84 Å². The van der Waals surface area contributed by atoms with E-state index in [1.165, 1.54) is 6.26 Å². The fourth-order valence-corrected chi connectivity index (χ4v) is 2.12. The van der Waals surface area contributed by atoms with E-state index >= 15 is 0 Å². The van der Waals surface area contributed by atoms with Crippen molar-refractivity contribution in [1.29, 1.82) is 0 Å². The molecule has 5 heteroatoms. The predicted molar refractivity (Wildman–Crippen MR) is 64.8 cm³/mol. The zero-order valence-electron chi connectivity index (χ0n) is 9.68. The molecule has 0 aliphatic carbocycles. The Labute approximate surface area is 96.8 Å². The average Bonchev–Trinajstić information content (AvgIpc) is 2.16. The molecule has 90 valence electrons. The standard InChI is InChI=1S/C11H18N2O2S/c1-9-5-6-10(8-13-9)11(12)4-3-7-16(2,14)15/h5-6,8,11H,3-4,7,12H2,1-2H3. The molecule has 2 N–H and O–H groups in total. The quantitative estimate of drug-likeness (QED) is 0.842. The van der Waals surface area contributed by atoms with Crippen LogP contribution < -0.4 is 5.73 Å². The first-order valence-corrected chi connectivity index (χ1v) is 7.30. The third-order valence-electron chi connectivity index (χ3n) is 2.39. The summed E-state index contributed by atoms with van der Waals surface area (Å²) in [6.45, 7) is 1.92. The lowest BCUT2D eigenvalue weighted by atomic mass is 10.1. The second-order valence-corrected chi connectivity index (χ2v) is 6.37. The largest absolute Gasteiger partial charge is 0.324 e. The Morgan fingerprint density at radius 3 is 2.62 bits per heavy atom. The number of sulfone groups is 1. The molecule has 0 spiro atoms. The van der Waals surface area contributed by atoms with Crippen molar-refractivity contribution in [3.8, 4) is 0 Å². The fourth-order valence-electron chi connectivity index (χ4n) is 1.43. The molecule has 0 aliphatic rings. The van der Waals surface area contributed by atoms with Crippen molar-refractivity contribution in [2.24, 2.45) is 5.73 Å². The summed E-state index contributed by atoms with van der Waals surface area (Å²) >= 11 is 0. The molecule has 1 heterocycles. The molecule has 1 rings (SSSR count). The van der Waals surface area contributed by atoms with Crippen LogP contribution in [0.15, 0.2) is 18.3 Å². The van der Waals surface area contributed by atoms with Gasteiger partial charge in [0.1, 0.15) is 9.84 Å². The van der Waals surface area contributed by atoms with E-state index in [2.05, 4.69) is 4.98 Å². The zero-order valence-corrected chi connectivity index (χ0v) is 10.5. The third-order valence-corrected chi connectivity index (χ3v) is 3.42. The molecule has 4 nitrogen and oxygen atoms in total. The van der Waals surface area contributed by atoms with Gasteiger partial charge in [-0.05, 0) is 31.4 Å². The summed E-state index contributed by atoms with van der Waals surface area (Å²) in [5.41, 5.74) is 7.85. The smallest absolute Gasteiger partial charge is 0.147 e. The number of nitrogens with zero attached hydrogens (tertiary/aromatic N) is 1. The van der Waals surface area contributed by atoms with E-state index in [1.807, 2.05) is 19.1 Å². The van der Waals surface area contributed by atoms with E-state index in [4.69, 9.17) is 5.73 Å². The van der Waals surface area contributed by atoms with Crippen molar-refractivity contribution < 1.29 is 8.42 Å². The van der Waals surface area contributed by atoms with Gasteiger partial charge in [-0.2, -0.15) is 0 Å². The van der Waals surface area contributed by atoms with Crippen LogP contribution in [0.25, 0.3) is 0 Å². The van der Waals surface area contributed by atoms with E-state index in [-0.39, 0.29) is 11.8 Å². The Hall–Kier alpha value is -0.940. The first-order valence-electron chi connectivity index (χ1n) is 5.24. The second kappa shape index (κ2) is 5.41. The van der Waals surface area contributed by atoms with Gasteiger partial charge in [0.2, 0.25) is 0 Å². The minimum atomic E-state index is -2.88. The van der Waals surface area contributed by atoms with Crippen LogP contribution in [0.2, 0.25) is 0 Å². The lowest BCUT2D eigenvalue weighted by Crippen LogP contribution is -2.13. The minimum Gasteiger partial charge on any atom is -0.324 e. The molecule has 1 unspecified atom stereocenters. The van der Waals surface area contributed by atoms with E-state index in [0.29, 0.717) is 12.8 Å². The van der Waals surface area contributed by atoms with Crippen LogP contribution in [0, 0.1) is 6.92 Å². The Morgan fingerprint density at radius 2 is 2.12 bits per heavy atom. The van der Waals surface area contributed by atoms with Crippen molar-refractivity contribution in [3.63, 3.8) is 0 Å². The summed E-state index contributed by atoms with van der Waals surface area (Å²) in [4.78, 5) is 4.16. The number of aryl methyl sites for hydroxylation is 1. The summed E-state index contributed by atoms with van der Waals surface area (Å²) in [5.74, 6) is 0.194. The van der Waals surface area contributed by atoms with Crippen molar-refractivity contribution in [1.82, 2.24) is 4.98 Å². The number of pyridine rings is 1. The van der Waals surface area contributed by atoms with Gasteiger partial charge >= 0.3 is 0 Å². The highest BCUT2D eigenvalue weighted by molar-refractivity contribution is 7.90. The second-order valence-electron chi connectivity index (χ2n) is 4.11. The first kappa shape index (κ1) is 13.1. The molecule has 1 aromatic heterocycles. The van der Waals surface area contributed by atoms with Crippen LogP contribution in [0.3, 0.4) is 0 Å². The van der Waals surface area contributed by atoms with Crippen LogP contribution in [0.1, 0.15) is 30.1 Å². The number of hydrogen-bond acceptors (Lipinski definition) is 4. The molecule has 0 saturated heterocycles. The number of rotatable bonds is 5.